The van der Waals surface area contributed by atoms with Crippen molar-refractivity contribution in [3.63, 3.8) is 0 Å². The molecular formula is C22H29N5O7S2. The van der Waals surface area contributed by atoms with E-state index in [1.54, 1.807) is 26.0 Å². The van der Waals surface area contributed by atoms with Crippen LogP contribution >= 0.6 is 11.8 Å². The van der Waals surface area contributed by atoms with Gasteiger partial charge in [-0.25, -0.2) is 8.42 Å². The number of hydrogen-bond acceptors (Lipinski definition) is 11. The Labute approximate surface area is 213 Å². The van der Waals surface area contributed by atoms with E-state index < -0.39 is 56.6 Å². The number of sulfonamides is 1. The van der Waals surface area contributed by atoms with Crippen molar-refractivity contribution in [3.8, 4) is 0 Å². The summed E-state index contributed by atoms with van der Waals surface area (Å²) in [5, 5.41) is 25.8. The quantitative estimate of drug-likeness (QED) is 0.185. The monoisotopic (exact) mass is 539 g/mol. The van der Waals surface area contributed by atoms with Crippen LogP contribution in [0.2, 0.25) is 0 Å². The Hall–Kier alpha value is -2.52. The van der Waals surface area contributed by atoms with E-state index in [0.29, 0.717) is 5.75 Å². The highest BCUT2D eigenvalue weighted by molar-refractivity contribution is 7.99. The molecule has 2 fully saturated rings. The lowest BCUT2D eigenvalue weighted by Gasteiger charge is -2.23. The molecule has 1 saturated heterocycles. The van der Waals surface area contributed by atoms with Crippen molar-refractivity contribution in [2.75, 3.05) is 15.8 Å². The molecule has 0 radical (unpaired) electrons. The second kappa shape index (κ2) is 10.1. The Balaban J connectivity index is 1.73. The molecule has 0 unspecified atom stereocenters. The minimum Gasteiger partial charge on any atom is -0.390 e. The van der Waals surface area contributed by atoms with Crippen molar-refractivity contribution in [2.45, 2.75) is 80.7 Å². The highest BCUT2D eigenvalue weighted by Crippen LogP contribution is 2.41. The lowest BCUT2D eigenvalue weighted by atomic mass is 10.2. The number of thioether (sulfide) groups is 1. The molecule has 2 heterocycles. The highest BCUT2D eigenvalue weighted by Gasteiger charge is 2.54. The zero-order chi connectivity index (χ0) is 26.3. The van der Waals surface area contributed by atoms with Gasteiger partial charge in [-0.1, -0.05) is 36.4 Å². The third kappa shape index (κ3) is 5.57. The van der Waals surface area contributed by atoms with E-state index in [1.807, 2.05) is 13.8 Å². The number of rotatable bonds is 9. The van der Waals surface area contributed by atoms with E-state index in [9.17, 15) is 23.6 Å². The Kier molecular flexibility index (Phi) is 7.44. The van der Waals surface area contributed by atoms with Crippen molar-refractivity contribution >= 4 is 39.1 Å². The second-order valence-electron chi connectivity index (χ2n) is 9.19. The highest BCUT2D eigenvalue weighted by atomic mass is 32.2. The molecule has 0 bridgehead atoms. The average molecular weight is 540 g/mol. The van der Waals surface area contributed by atoms with Gasteiger partial charge in [0.25, 0.3) is 10.0 Å². The fourth-order valence-corrected chi connectivity index (χ4v) is 5.92. The van der Waals surface area contributed by atoms with Gasteiger partial charge in [0.05, 0.1) is 22.0 Å². The molecule has 2 aliphatic rings. The van der Waals surface area contributed by atoms with Crippen LogP contribution in [-0.2, 0) is 19.5 Å². The van der Waals surface area contributed by atoms with E-state index in [0.717, 1.165) is 12.0 Å². The molecule has 1 aromatic heterocycles. The summed E-state index contributed by atoms with van der Waals surface area (Å²) in [6.07, 6.45) is -1.04. The van der Waals surface area contributed by atoms with Crippen molar-refractivity contribution < 1.29 is 27.9 Å². The fraction of sp³-hybridized carbons (Fsp3) is 0.545. The summed E-state index contributed by atoms with van der Waals surface area (Å²) in [5.74, 6) is -0.915. The van der Waals surface area contributed by atoms with Gasteiger partial charge in [-0.05, 0) is 45.7 Å². The van der Waals surface area contributed by atoms with E-state index >= 15 is 0 Å². The first-order valence-corrected chi connectivity index (χ1v) is 14.0. The van der Waals surface area contributed by atoms with Crippen LogP contribution in [0.15, 0.2) is 34.3 Å². The Morgan fingerprint density at radius 1 is 1.19 bits per heavy atom. The number of hydrogen-bond donors (Lipinski definition) is 3. The summed E-state index contributed by atoms with van der Waals surface area (Å²) in [6, 6.07) is 5.52. The molecule has 0 spiro atoms. The minimum atomic E-state index is -4.17. The summed E-state index contributed by atoms with van der Waals surface area (Å²) < 4.78 is 40.1. The van der Waals surface area contributed by atoms with Gasteiger partial charge < -0.3 is 19.9 Å². The first kappa shape index (κ1) is 26.5. The predicted octanol–water partition coefficient (Wildman–Crippen LogP) is 3.06. The molecule has 1 aromatic carbocycles. The van der Waals surface area contributed by atoms with E-state index in [-0.39, 0.29) is 22.3 Å². The number of benzene rings is 1. The number of nitrogens with zero attached hydrogens (tertiary/aromatic N) is 3. The number of aryl methyl sites for hydroxylation is 1. The number of nitro groups is 1. The smallest absolute Gasteiger partial charge is 0.354 e. The van der Waals surface area contributed by atoms with Crippen LogP contribution in [0.1, 0.15) is 39.2 Å². The lowest BCUT2D eigenvalue weighted by Crippen LogP contribution is -2.35. The van der Waals surface area contributed by atoms with Crippen LogP contribution < -0.4 is 10.0 Å². The Morgan fingerprint density at radius 2 is 1.83 bits per heavy atom. The van der Waals surface area contributed by atoms with Crippen LogP contribution in [0, 0.1) is 17.0 Å². The van der Waals surface area contributed by atoms with Crippen LogP contribution in [0.4, 0.5) is 17.3 Å². The zero-order valence-electron chi connectivity index (χ0n) is 20.3. The summed E-state index contributed by atoms with van der Waals surface area (Å²) in [5.41, 5.74) is 0.243. The summed E-state index contributed by atoms with van der Waals surface area (Å²) in [7, 11) is -4.17. The lowest BCUT2D eigenvalue weighted by molar-refractivity contribution is -0.383. The maximum absolute atomic E-state index is 13.0. The second-order valence-corrected chi connectivity index (χ2v) is 11.9. The molecule has 36 heavy (non-hydrogen) atoms. The van der Waals surface area contributed by atoms with E-state index in [4.69, 9.17) is 9.47 Å². The molecule has 1 saturated carbocycles. The molecular weight excluding hydrogens is 510 g/mol. The average Bonchev–Trinajstić information content (AvgIpc) is 3.25. The van der Waals surface area contributed by atoms with Gasteiger partial charge in [0, 0.05) is 5.75 Å². The maximum atomic E-state index is 13.0. The number of ether oxygens (including phenoxy) is 2. The van der Waals surface area contributed by atoms with Gasteiger partial charge in [0.1, 0.15) is 12.2 Å². The minimum absolute atomic E-state index is 0.0567. The predicted molar refractivity (Wildman–Crippen MR) is 134 cm³/mol. The number of nitrogens with one attached hydrogen (secondary N) is 2. The first-order valence-electron chi connectivity index (χ1n) is 11.5. The molecule has 12 nitrogen and oxygen atoms in total. The third-order valence-electron chi connectivity index (χ3n) is 5.80. The van der Waals surface area contributed by atoms with Crippen molar-refractivity contribution in [1.29, 1.82) is 0 Å². The van der Waals surface area contributed by atoms with Crippen molar-refractivity contribution in [3.05, 3.63) is 39.9 Å². The zero-order valence-corrected chi connectivity index (χ0v) is 21.9. The van der Waals surface area contributed by atoms with Gasteiger partial charge >= 0.3 is 5.69 Å². The van der Waals surface area contributed by atoms with E-state index in [1.165, 1.54) is 23.9 Å². The van der Waals surface area contributed by atoms with Crippen LogP contribution in [0.5, 0.6) is 0 Å². The molecule has 14 heteroatoms. The summed E-state index contributed by atoms with van der Waals surface area (Å²) in [6.45, 7) is 7.22. The van der Waals surface area contributed by atoms with Crippen molar-refractivity contribution in [1.82, 2.24) is 9.97 Å². The van der Waals surface area contributed by atoms with Crippen molar-refractivity contribution in [2.24, 2.45) is 0 Å². The normalized spacial score (nSPS) is 24.9. The molecule has 1 aliphatic heterocycles. The molecule has 4 rings (SSSR count). The molecule has 2 aromatic rings. The molecule has 0 amide bonds. The fourth-order valence-electron chi connectivity index (χ4n) is 4.21. The van der Waals surface area contributed by atoms with Gasteiger partial charge in [0.2, 0.25) is 11.6 Å². The van der Waals surface area contributed by atoms with Crippen LogP contribution in [-0.4, -0.2) is 64.3 Å². The van der Waals surface area contributed by atoms with Gasteiger partial charge in [-0.2, -0.15) is 9.97 Å². The molecule has 196 valence electrons. The van der Waals surface area contributed by atoms with Crippen LogP contribution in [0.3, 0.4) is 0 Å². The number of aromatic nitrogens is 2. The number of aliphatic hydroxyl groups is 1. The summed E-state index contributed by atoms with van der Waals surface area (Å²) in [4.78, 5) is 19.9. The largest absolute Gasteiger partial charge is 0.390 e. The number of aliphatic hydroxyl groups excluding tert-OH is 1. The van der Waals surface area contributed by atoms with Gasteiger partial charge in [-0.3, -0.25) is 14.8 Å². The Morgan fingerprint density at radius 3 is 2.47 bits per heavy atom. The maximum Gasteiger partial charge on any atom is 0.354 e. The molecule has 4 atom stereocenters. The topological polar surface area (TPSA) is 166 Å². The first-order chi connectivity index (χ1) is 16.9. The standard InChI is InChI=1S/C22H29N5O7S2/c1-5-10-35-21-24-19(23-14-11-15(28)18-17(14)33-22(3,4)34-18)16(27(29)30)20(25-21)26-36(31,32)13-8-6-12(2)7-9-13/h6-9,14-15,17-18,28H,5,10-11H2,1-4H3,(H2,23,24,25,26)/t14-,15+,17+,18-/m1/s1. The van der Waals surface area contributed by atoms with Gasteiger partial charge in [-0.15, -0.1) is 0 Å². The van der Waals surface area contributed by atoms with Gasteiger partial charge in [0.15, 0.2) is 10.9 Å². The summed E-state index contributed by atoms with van der Waals surface area (Å²) >= 11 is 1.25. The third-order valence-corrected chi connectivity index (χ3v) is 8.21. The molecule has 3 N–H and O–H groups in total. The number of anilines is 2. The Bertz CT molecular complexity index is 1240. The number of fused-ring (bicyclic) bond motifs is 1. The van der Waals surface area contributed by atoms with E-state index in [2.05, 4.69) is 20.0 Å². The van der Waals surface area contributed by atoms with Crippen LogP contribution in [0.25, 0.3) is 0 Å². The molecule has 1 aliphatic carbocycles. The SMILES string of the molecule is CCCSc1nc(N[C@@H]2C[C@H](O)[C@H]3OC(C)(C)O[C@H]32)c([N+](=O)[O-])c(NS(=O)(=O)c2ccc(C)cc2)n1.